The number of para-hydroxylation sites is 1. The van der Waals surface area contributed by atoms with Gasteiger partial charge in [-0.3, -0.25) is 14.6 Å². The highest BCUT2D eigenvalue weighted by Gasteiger charge is 2.29. The van der Waals surface area contributed by atoms with Crippen molar-refractivity contribution in [2.75, 3.05) is 54.4 Å². The molecule has 6 rings (SSSR count). The molecule has 0 spiro atoms. The Morgan fingerprint density at radius 1 is 0.829 bits per heavy atom. The molecular weight excluding hydrogens is 510 g/mol. The van der Waals surface area contributed by atoms with E-state index < -0.39 is 0 Å². The molecule has 218 valence electrons. The van der Waals surface area contributed by atoms with E-state index in [0.717, 1.165) is 54.6 Å². The third-order valence-electron chi connectivity index (χ3n) is 9.60. The molecule has 0 unspecified atom stereocenters. The fourth-order valence-corrected chi connectivity index (χ4v) is 7.32. The fraction of sp³-hybridized carbons (Fsp3) is 0.559. The van der Waals surface area contributed by atoms with Crippen molar-refractivity contribution in [2.45, 2.75) is 76.7 Å². The van der Waals surface area contributed by atoms with E-state index in [0.29, 0.717) is 12.5 Å². The molecule has 2 aromatic carbocycles. The van der Waals surface area contributed by atoms with Gasteiger partial charge in [0.15, 0.2) is 0 Å². The van der Waals surface area contributed by atoms with Crippen molar-refractivity contribution in [1.82, 2.24) is 4.90 Å². The normalized spacial score (nSPS) is 21.3. The smallest absolute Gasteiger partial charge is 0.248 e. The molecular formula is C34H45N5O2. The minimum Gasteiger partial charge on any atom is -0.371 e. The minimum atomic E-state index is -0.0805. The van der Waals surface area contributed by atoms with Gasteiger partial charge in [-0.05, 0) is 81.9 Å². The third kappa shape index (κ3) is 6.66. The Morgan fingerprint density at radius 2 is 1.54 bits per heavy atom. The van der Waals surface area contributed by atoms with Crippen molar-refractivity contribution in [2.24, 2.45) is 10.9 Å². The van der Waals surface area contributed by atoms with Crippen LogP contribution in [0.3, 0.4) is 0 Å². The van der Waals surface area contributed by atoms with Crippen LogP contribution in [0.25, 0.3) is 0 Å². The van der Waals surface area contributed by atoms with Crippen molar-refractivity contribution in [1.29, 1.82) is 0 Å². The summed E-state index contributed by atoms with van der Waals surface area (Å²) in [4.78, 5) is 37.9. The average Bonchev–Trinajstić information content (AvgIpc) is 3.17. The molecule has 1 N–H and O–H groups in total. The Hall–Kier alpha value is -3.19. The van der Waals surface area contributed by atoms with Crippen LogP contribution < -0.4 is 15.1 Å². The number of carbonyl (C=O) groups is 2. The number of benzene rings is 2. The average molecular weight is 556 g/mol. The summed E-state index contributed by atoms with van der Waals surface area (Å²) in [5, 5.41) is 3.05. The maximum absolute atomic E-state index is 13.2. The number of hydrogen-bond acceptors (Lipinski definition) is 5. The molecule has 0 aromatic heterocycles. The van der Waals surface area contributed by atoms with Crippen LogP contribution in [-0.2, 0) is 9.59 Å². The van der Waals surface area contributed by atoms with Crippen LogP contribution in [-0.4, -0.2) is 67.7 Å². The molecule has 7 nitrogen and oxygen atoms in total. The van der Waals surface area contributed by atoms with Gasteiger partial charge >= 0.3 is 0 Å². The number of piperidine rings is 2. The summed E-state index contributed by atoms with van der Waals surface area (Å²) in [6.45, 7) is 5.21. The number of nitrogens with one attached hydrogen (secondary N) is 1. The molecule has 1 aliphatic carbocycles. The fourth-order valence-electron chi connectivity index (χ4n) is 7.32. The number of nitrogens with zero attached hydrogens (tertiary/aromatic N) is 4. The SMILES string of the molecule is O=C(CCN1C(=O)CN=C(C2CCCCC2)c2ccccc21)Nc1ccc(N2CCC(N3CCCCC3)CC2)cc1. The number of aliphatic imine (C=N–C) groups is 1. The summed E-state index contributed by atoms with van der Waals surface area (Å²) < 4.78 is 0. The van der Waals surface area contributed by atoms with Crippen molar-refractivity contribution in [3.63, 3.8) is 0 Å². The molecule has 0 bridgehead atoms. The molecule has 0 radical (unpaired) electrons. The first-order valence-electron chi connectivity index (χ1n) is 16.0. The van der Waals surface area contributed by atoms with E-state index in [1.165, 1.54) is 70.1 Å². The second-order valence-corrected chi connectivity index (χ2v) is 12.3. The van der Waals surface area contributed by atoms with Gasteiger partial charge in [-0.2, -0.15) is 0 Å². The maximum atomic E-state index is 13.2. The minimum absolute atomic E-state index is 0.0375. The number of amides is 2. The summed E-state index contributed by atoms with van der Waals surface area (Å²) in [6, 6.07) is 17.1. The Balaban J connectivity index is 1.02. The lowest BCUT2D eigenvalue weighted by molar-refractivity contribution is -0.117. The van der Waals surface area contributed by atoms with Crippen molar-refractivity contribution in [3.05, 3.63) is 54.1 Å². The van der Waals surface area contributed by atoms with Crippen LogP contribution in [0.2, 0.25) is 0 Å². The topological polar surface area (TPSA) is 68.2 Å². The molecule has 1 saturated carbocycles. The Morgan fingerprint density at radius 3 is 2.29 bits per heavy atom. The largest absolute Gasteiger partial charge is 0.371 e. The van der Waals surface area contributed by atoms with Crippen LogP contribution >= 0.6 is 0 Å². The number of carbonyl (C=O) groups excluding carboxylic acids is 2. The zero-order valence-electron chi connectivity index (χ0n) is 24.4. The lowest BCUT2D eigenvalue weighted by atomic mass is 9.83. The number of benzodiazepines with no additional fused rings is 1. The molecule has 3 heterocycles. The zero-order chi connectivity index (χ0) is 28.0. The summed E-state index contributed by atoms with van der Waals surface area (Å²) in [6.07, 6.45) is 12.8. The van der Waals surface area contributed by atoms with Gasteiger partial charge in [-0.15, -0.1) is 0 Å². The first-order valence-corrected chi connectivity index (χ1v) is 16.0. The highest BCUT2D eigenvalue weighted by molar-refractivity contribution is 6.13. The Labute approximate surface area is 245 Å². The number of fused-ring (bicyclic) bond motifs is 1. The quantitative estimate of drug-likeness (QED) is 0.463. The van der Waals surface area contributed by atoms with Crippen molar-refractivity contribution < 1.29 is 9.59 Å². The summed E-state index contributed by atoms with van der Waals surface area (Å²) >= 11 is 0. The van der Waals surface area contributed by atoms with E-state index in [9.17, 15) is 9.59 Å². The molecule has 7 heteroatoms. The number of hydrogen-bond donors (Lipinski definition) is 1. The van der Waals surface area contributed by atoms with Crippen LogP contribution in [0.4, 0.5) is 17.1 Å². The van der Waals surface area contributed by atoms with Crippen LogP contribution in [0, 0.1) is 5.92 Å². The number of likely N-dealkylation sites (tertiary alicyclic amines) is 1. The van der Waals surface area contributed by atoms with E-state index >= 15 is 0 Å². The molecule has 0 atom stereocenters. The van der Waals surface area contributed by atoms with E-state index in [-0.39, 0.29) is 24.8 Å². The Kier molecular flexibility index (Phi) is 9.00. The summed E-state index contributed by atoms with van der Waals surface area (Å²) in [7, 11) is 0. The predicted octanol–water partition coefficient (Wildman–Crippen LogP) is 5.89. The highest BCUT2D eigenvalue weighted by Crippen LogP contribution is 2.33. The van der Waals surface area contributed by atoms with Gasteiger partial charge in [0, 0.05) is 60.7 Å². The summed E-state index contributed by atoms with van der Waals surface area (Å²) in [5.41, 5.74) is 5.05. The lowest BCUT2D eigenvalue weighted by Gasteiger charge is -2.41. The van der Waals surface area contributed by atoms with Crippen LogP contribution in [0.15, 0.2) is 53.5 Å². The zero-order valence-corrected chi connectivity index (χ0v) is 24.4. The van der Waals surface area contributed by atoms with Gasteiger partial charge < -0.3 is 20.0 Å². The Bertz CT molecular complexity index is 1220. The molecule has 2 aromatic rings. The van der Waals surface area contributed by atoms with Gasteiger partial charge in [-0.25, -0.2) is 0 Å². The van der Waals surface area contributed by atoms with Crippen molar-refractivity contribution in [3.8, 4) is 0 Å². The number of rotatable bonds is 7. The second-order valence-electron chi connectivity index (χ2n) is 12.3. The maximum Gasteiger partial charge on any atom is 0.248 e. The molecule has 3 fully saturated rings. The van der Waals surface area contributed by atoms with E-state index in [2.05, 4.69) is 33.3 Å². The van der Waals surface area contributed by atoms with Gasteiger partial charge in [0.05, 0.1) is 5.69 Å². The van der Waals surface area contributed by atoms with Gasteiger partial charge in [0.1, 0.15) is 6.54 Å². The molecule has 4 aliphatic rings. The highest BCUT2D eigenvalue weighted by atomic mass is 16.2. The van der Waals surface area contributed by atoms with Gasteiger partial charge in [0.2, 0.25) is 11.8 Å². The van der Waals surface area contributed by atoms with E-state index in [1.54, 1.807) is 4.90 Å². The van der Waals surface area contributed by atoms with Gasteiger partial charge in [-0.1, -0.05) is 43.9 Å². The first-order chi connectivity index (χ1) is 20.2. The molecule has 2 amide bonds. The van der Waals surface area contributed by atoms with E-state index in [1.807, 2.05) is 30.3 Å². The molecule has 41 heavy (non-hydrogen) atoms. The van der Waals surface area contributed by atoms with Crippen LogP contribution in [0.5, 0.6) is 0 Å². The van der Waals surface area contributed by atoms with Gasteiger partial charge in [0.25, 0.3) is 0 Å². The number of anilines is 3. The lowest BCUT2D eigenvalue weighted by Crippen LogP contribution is -2.46. The van der Waals surface area contributed by atoms with Crippen LogP contribution in [0.1, 0.15) is 76.2 Å². The molecule has 3 aliphatic heterocycles. The van der Waals surface area contributed by atoms with E-state index in [4.69, 9.17) is 4.99 Å². The van der Waals surface area contributed by atoms with Crippen molar-refractivity contribution >= 4 is 34.6 Å². The third-order valence-corrected chi connectivity index (χ3v) is 9.60. The molecule has 2 saturated heterocycles. The standard InChI is InChI=1S/C34H45N5O2/c40-32(36-27-13-15-28(16-14-27)38-22-17-29(18-23-38)37-20-7-2-8-21-37)19-24-39-31-12-6-5-11-30(31)34(35-25-33(39)41)26-9-3-1-4-10-26/h5-6,11-16,26,29H,1-4,7-10,17-25H2,(H,36,40). The summed E-state index contributed by atoms with van der Waals surface area (Å²) in [5.74, 6) is 0.303. The second kappa shape index (κ2) is 13.2. The monoisotopic (exact) mass is 555 g/mol. The first kappa shape index (κ1) is 28.0. The predicted molar refractivity (Wildman–Crippen MR) is 167 cm³/mol.